The maximum Gasteiger partial charge on any atom is 0.352 e. The van der Waals surface area contributed by atoms with Crippen LogP contribution >= 0.6 is 0 Å². The van der Waals surface area contributed by atoms with Crippen molar-refractivity contribution in [2.75, 3.05) is 6.61 Å². The lowest BCUT2D eigenvalue weighted by Gasteiger charge is -2.72. The lowest BCUT2D eigenvalue weighted by molar-refractivity contribution is -0.218. The number of carbonyl (C=O) groups excluding carboxylic acids is 2. The summed E-state index contributed by atoms with van der Waals surface area (Å²) in [4.78, 5) is 55.8. The molecule has 0 unspecified atom stereocenters. The van der Waals surface area contributed by atoms with Gasteiger partial charge in [0.05, 0.1) is 17.3 Å². The number of esters is 2. The molecule has 9 rings (SSSR count). The molecule has 4 saturated carbocycles. The fourth-order valence-electron chi connectivity index (χ4n) is 14.8. The normalized spacial score (nSPS) is 38.2. The highest BCUT2D eigenvalue weighted by Crippen LogP contribution is 2.79. The van der Waals surface area contributed by atoms with E-state index in [0.29, 0.717) is 24.6 Å². The average Bonchev–Trinajstić information content (AvgIpc) is 3.61. The van der Waals surface area contributed by atoms with E-state index in [-0.39, 0.29) is 69.0 Å². The zero-order chi connectivity index (χ0) is 39.2. The van der Waals surface area contributed by atoms with Crippen LogP contribution in [0.5, 0.6) is 0 Å². The van der Waals surface area contributed by atoms with Gasteiger partial charge in [-0.05, 0) is 114 Å². The van der Waals surface area contributed by atoms with E-state index >= 15 is 9.59 Å². The second-order valence-corrected chi connectivity index (χ2v) is 20.1. The Hall–Kier alpha value is -3.88. The quantitative estimate of drug-likeness (QED) is 0.192. The molecular weight excluding hydrogens is 691 g/mol. The van der Waals surface area contributed by atoms with Crippen molar-refractivity contribution >= 4 is 22.7 Å². The van der Waals surface area contributed by atoms with E-state index < -0.39 is 11.0 Å². The molecule has 0 amide bonds. The Labute approximate surface area is 324 Å². The number of benzene rings is 2. The van der Waals surface area contributed by atoms with Crippen LogP contribution in [0.25, 0.3) is 16.5 Å². The van der Waals surface area contributed by atoms with Crippen LogP contribution in [0.4, 0.5) is 0 Å². The van der Waals surface area contributed by atoms with E-state index in [9.17, 15) is 9.59 Å². The number of carbonyl (C=O) groups is 2. The Morgan fingerprint density at radius 3 is 2.24 bits per heavy atom. The highest BCUT2D eigenvalue weighted by atomic mass is 16.5. The van der Waals surface area contributed by atoms with Gasteiger partial charge in [-0.3, -0.25) is 9.59 Å². The third-order valence-corrected chi connectivity index (χ3v) is 17.4. The molecule has 4 fully saturated rings. The number of ether oxygens (including phenoxy) is 2. The molecular formula is C46H59N3O6. The van der Waals surface area contributed by atoms with Crippen molar-refractivity contribution < 1.29 is 19.1 Å². The summed E-state index contributed by atoms with van der Waals surface area (Å²) in [5.74, 6) is 0.0717. The Morgan fingerprint density at radius 2 is 1.53 bits per heavy atom. The topological polar surface area (TPSA) is 102 Å². The van der Waals surface area contributed by atoms with Crippen molar-refractivity contribution in [2.24, 2.45) is 44.8 Å². The predicted molar refractivity (Wildman–Crippen MR) is 212 cm³/mol. The molecule has 6 aliphatic rings. The van der Waals surface area contributed by atoms with E-state index in [1.807, 2.05) is 51.8 Å². The number of hydrogen-bond acceptors (Lipinski definition) is 6. The van der Waals surface area contributed by atoms with Gasteiger partial charge in [-0.15, -0.1) is 0 Å². The molecule has 2 heterocycles. The molecule has 9 atom stereocenters. The SMILES string of the molecule is CC(=O)OC[C@]12CC[C@]3(C(C)C)C1=C1[C@H](C[C@@H]4[C@@]5(C)CC[C@H](OC(C)=O)C(C)(C)[C@@H]5CC[C@@]4(C)[C@]1(C)CC2)n1c(=O)n(-c2cccc4ccccc24)c(=O)n13. The summed E-state index contributed by atoms with van der Waals surface area (Å²) in [6, 6.07) is 13.5. The molecule has 3 aromatic rings. The standard InChI is InChI=1S/C46H59N3O6/c1-27(2)46-24-23-45(26-54-28(3)50)22-21-44(9)37(38(45)46)33(48-39(52)47(40(53)49(46)48)32-16-12-14-30-13-10-11-15-31(30)32)25-35-42(7)19-18-36(55-29(4)51)41(5,6)34(42)17-20-43(35,44)8/h10-16,27,33-36H,17-26H2,1-9H3/t33-,34-,35+,36-,42-,43+,44+,45-,46-/m0/s1. The molecule has 0 N–H and O–H groups in total. The van der Waals surface area contributed by atoms with E-state index in [1.165, 1.54) is 29.6 Å². The fourth-order valence-corrected chi connectivity index (χ4v) is 14.8. The molecule has 0 saturated heterocycles. The Balaban J connectivity index is 1.32. The van der Waals surface area contributed by atoms with Crippen molar-refractivity contribution in [1.82, 2.24) is 13.9 Å². The summed E-state index contributed by atoms with van der Waals surface area (Å²) in [6.07, 6.45) is 7.78. The third kappa shape index (κ3) is 4.42. The van der Waals surface area contributed by atoms with Crippen LogP contribution in [0.1, 0.15) is 126 Å². The second kappa shape index (κ2) is 11.6. The van der Waals surface area contributed by atoms with Crippen LogP contribution in [-0.4, -0.2) is 38.6 Å². The van der Waals surface area contributed by atoms with Crippen LogP contribution < -0.4 is 11.4 Å². The first-order valence-electron chi connectivity index (χ1n) is 20.9. The molecule has 9 heteroatoms. The molecule has 5 aliphatic carbocycles. The summed E-state index contributed by atoms with van der Waals surface area (Å²) in [6.45, 7) is 19.9. The minimum Gasteiger partial charge on any atom is -0.465 e. The fraction of sp³-hybridized carbons (Fsp3) is 0.652. The molecule has 294 valence electrons. The van der Waals surface area contributed by atoms with Gasteiger partial charge in [0.2, 0.25) is 0 Å². The molecule has 2 aromatic carbocycles. The highest BCUT2D eigenvalue weighted by Gasteiger charge is 2.73. The van der Waals surface area contributed by atoms with Gasteiger partial charge in [0, 0.05) is 30.1 Å². The van der Waals surface area contributed by atoms with Crippen molar-refractivity contribution in [1.29, 1.82) is 0 Å². The van der Waals surface area contributed by atoms with Crippen LogP contribution in [0.15, 0.2) is 63.2 Å². The lowest BCUT2D eigenvalue weighted by atomic mass is 9.33. The van der Waals surface area contributed by atoms with Crippen molar-refractivity contribution in [3.63, 3.8) is 0 Å². The zero-order valence-electron chi connectivity index (χ0n) is 34.3. The van der Waals surface area contributed by atoms with Crippen LogP contribution in [0.2, 0.25) is 0 Å². The van der Waals surface area contributed by atoms with Gasteiger partial charge in [-0.1, -0.05) is 84.9 Å². The van der Waals surface area contributed by atoms with Crippen molar-refractivity contribution in [2.45, 2.75) is 138 Å². The van der Waals surface area contributed by atoms with Crippen LogP contribution in [0.3, 0.4) is 0 Å². The Bertz CT molecular complexity index is 2300. The van der Waals surface area contributed by atoms with E-state index in [2.05, 4.69) is 48.5 Å². The van der Waals surface area contributed by atoms with E-state index in [4.69, 9.17) is 9.47 Å². The maximum atomic E-state index is 15.5. The van der Waals surface area contributed by atoms with Gasteiger partial charge in [-0.25, -0.2) is 23.5 Å². The van der Waals surface area contributed by atoms with E-state index in [0.717, 1.165) is 62.1 Å². The highest BCUT2D eigenvalue weighted by molar-refractivity contribution is 5.90. The third-order valence-electron chi connectivity index (χ3n) is 17.4. The summed E-state index contributed by atoms with van der Waals surface area (Å²) in [7, 11) is 0. The summed E-state index contributed by atoms with van der Waals surface area (Å²) in [5.41, 5.74) is 0.916. The monoisotopic (exact) mass is 749 g/mol. The van der Waals surface area contributed by atoms with Gasteiger partial charge in [0.15, 0.2) is 0 Å². The molecule has 9 nitrogen and oxygen atoms in total. The summed E-state index contributed by atoms with van der Waals surface area (Å²) in [5, 5.41) is 1.85. The molecule has 1 aromatic heterocycles. The first kappa shape index (κ1) is 36.7. The first-order valence-corrected chi connectivity index (χ1v) is 20.9. The number of allylic oxidation sites excluding steroid dienone is 1. The van der Waals surface area contributed by atoms with Gasteiger partial charge in [0.25, 0.3) is 0 Å². The number of hydrogen-bond donors (Lipinski definition) is 0. The van der Waals surface area contributed by atoms with Crippen LogP contribution in [-0.2, 0) is 24.6 Å². The largest absolute Gasteiger partial charge is 0.465 e. The molecule has 0 bridgehead atoms. The average molecular weight is 750 g/mol. The Kier molecular flexibility index (Phi) is 7.75. The second-order valence-electron chi connectivity index (χ2n) is 20.1. The number of aromatic nitrogens is 3. The molecule has 55 heavy (non-hydrogen) atoms. The Morgan fingerprint density at radius 1 is 0.818 bits per heavy atom. The van der Waals surface area contributed by atoms with Gasteiger partial charge in [0.1, 0.15) is 12.7 Å². The molecule has 0 spiro atoms. The minimum atomic E-state index is -0.742. The van der Waals surface area contributed by atoms with E-state index in [1.54, 1.807) is 0 Å². The van der Waals surface area contributed by atoms with Crippen molar-refractivity contribution in [3.8, 4) is 5.69 Å². The van der Waals surface area contributed by atoms with Gasteiger partial charge < -0.3 is 9.47 Å². The smallest absolute Gasteiger partial charge is 0.352 e. The first-order chi connectivity index (χ1) is 25.9. The summed E-state index contributed by atoms with van der Waals surface area (Å²) >= 11 is 0. The number of fused-ring (bicyclic) bond motifs is 8. The molecule has 0 radical (unpaired) electrons. The number of rotatable bonds is 5. The van der Waals surface area contributed by atoms with Gasteiger partial charge >= 0.3 is 23.3 Å². The summed E-state index contributed by atoms with van der Waals surface area (Å²) < 4.78 is 17.3. The maximum absolute atomic E-state index is 15.5. The van der Waals surface area contributed by atoms with Crippen molar-refractivity contribution in [3.05, 3.63) is 74.6 Å². The molecule has 1 aliphatic heterocycles. The number of nitrogens with zero attached hydrogens (tertiary/aromatic N) is 3. The lowest BCUT2D eigenvalue weighted by Crippen LogP contribution is -2.67. The predicted octanol–water partition coefficient (Wildman–Crippen LogP) is 8.49. The van der Waals surface area contributed by atoms with Gasteiger partial charge in [-0.2, -0.15) is 0 Å². The zero-order valence-corrected chi connectivity index (χ0v) is 34.3. The van der Waals surface area contributed by atoms with Crippen LogP contribution in [0, 0.1) is 44.8 Å². The minimum absolute atomic E-state index is 0.000330.